The second kappa shape index (κ2) is 9.11. The third kappa shape index (κ3) is 5.22. The van der Waals surface area contributed by atoms with Gasteiger partial charge in [0.05, 0.1) is 38.6 Å². The van der Waals surface area contributed by atoms with E-state index >= 15 is 0 Å². The molecular formula is C21H19B3Cl2FN5O2. The Balaban J connectivity index is 1.59. The van der Waals surface area contributed by atoms with Crippen molar-refractivity contribution in [2.24, 2.45) is 0 Å². The van der Waals surface area contributed by atoms with Crippen LogP contribution < -0.4 is 15.8 Å². The Morgan fingerprint density at radius 3 is 2.71 bits per heavy atom. The molecule has 34 heavy (non-hydrogen) atoms. The van der Waals surface area contributed by atoms with Crippen LogP contribution in [0.25, 0.3) is 11.1 Å². The molecule has 1 aromatic carbocycles. The molecule has 1 saturated heterocycles. The van der Waals surface area contributed by atoms with E-state index in [-0.39, 0.29) is 40.5 Å². The Morgan fingerprint density at radius 1 is 1.26 bits per heavy atom. The van der Waals surface area contributed by atoms with Crippen LogP contribution >= 0.6 is 23.2 Å². The highest BCUT2D eigenvalue weighted by molar-refractivity contribution is 6.40. The van der Waals surface area contributed by atoms with Gasteiger partial charge in [-0.2, -0.15) is 5.10 Å². The van der Waals surface area contributed by atoms with Crippen LogP contribution in [0.5, 0.6) is 5.75 Å². The third-order valence-corrected chi connectivity index (χ3v) is 6.26. The van der Waals surface area contributed by atoms with E-state index < -0.39 is 22.9 Å². The summed E-state index contributed by atoms with van der Waals surface area (Å²) in [5, 5.41) is 16.0. The van der Waals surface area contributed by atoms with Gasteiger partial charge in [-0.15, -0.1) is 0 Å². The zero-order valence-corrected chi connectivity index (χ0v) is 19.7. The first-order valence-corrected chi connectivity index (χ1v) is 11.1. The lowest BCUT2D eigenvalue weighted by molar-refractivity contribution is 0.0245. The molecule has 0 spiro atoms. The molecule has 6 radical (unpaired) electrons. The number of anilines is 1. The van der Waals surface area contributed by atoms with E-state index in [1.807, 2.05) is 0 Å². The fourth-order valence-corrected chi connectivity index (χ4v) is 4.75. The van der Waals surface area contributed by atoms with Gasteiger partial charge in [-0.25, -0.2) is 9.37 Å². The van der Waals surface area contributed by atoms with Gasteiger partial charge in [0.15, 0.2) is 11.6 Å². The number of nitrogens with one attached hydrogen (secondary N) is 1. The molecule has 0 bridgehead atoms. The van der Waals surface area contributed by atoms with Crippen LogP contribution in [0.15, 0.2) is 36.8 Å². The average molecular weight is 496 g/mol. The minimum absolute atomic E-state index is 0.123. The van der Waals surface area contributed by atoms with E-state index in [0.717, 1.165) is 0 Å². The standard InChI is InChI=1S/C21H19B3Cl2FN5O2/c1-10(17-14(25)2-3-15(27)18(17)26)34-16-4-11(7-29-19(16)28)12-8-30-32(9-12)13-5-20(22,23)31-21(24,33)6-13/h2-4,7-10,13,31,33H,5-6H2,1H3,(H2,28,29). The number of ether oxygens (including phenoxy) is 1. The second-order valence-corrected chi connectivity index (χ2v) is 9.27. The molecule has 170 valence electrons. The van der Waals surface area contributed by atoms with Crippen molar-refractivity contribution >= 4 is 52.6 Å². The normalized spacial score (nSPS) is 22.9. The van der Waals surface area contributed by atoms with E-state index in [9.17, 15) is 9.50 Å². The van der Waals surface area contributed by atoms with Gasteiger partial charge < -0.3 is 20.9 Å². The highest BCUT2D eigenvalue weighted by Crippen LogP contribution is 2.37. The van der Waals surface area contributed by atoms with Crippen molar-refractivity contribution in [3.05, 3.63) is 58.2 Å². The first kappa shape index (κ1) is 24.9. The summed E-state index contributed by atoms with van der Waals surface area (Å²) < 4.78 is 21.5. The number of halogens is 3. The summed E-state index contributed by atoms with van der Waals surface area (Å²) in [5.74, 6) is -0.213. The summed E-state index contributed by atoms with van der Waals surface area (Å²) in [6.45, 7) is 1.67. The third-order valence-electron chi connectivity index (χ3n) is 5.55. The molecule has 0 aliphatic carbocycles. The maximum atomic E-state index is 13.9. The minimum atomic E-state index is -1.74. The molecule has 1 fully saturated rings. The van der Waals surface area contributed by atoms with Crippen molar-refractivity contribution in [3.63, 3.8) is 0 Å². The van der Waals surface area contributed by atoms with Crippen molar-refractivity contribution in [2.75, 3.05) is 5.73 Å². The fourth-order valence-electron chi connectivity index (χ4n) is 4.07. The van der Waals surface area contributed by atoms with Gasteiger partial charge >= 0.3 is 0 Å². The second-order valence-electron chi connectivity index (χ2n) is 8.49. The number of aromatic nitrogens is 3. The Labute approximate surface area is 210 Å². The number of pyridine rings is 1. The van der Waals surface area contributed by atoms with Crippen LogP contribution in [0, 0.1) is 5.82 Å². The maximum Gasteiger partial charge on any atom is 0.166 e. The van der Waals surface area contributed by atoms with Crippen LogP contribution in [0.3, 0.4) is 0 Å². The summed E-state index contributed by atoms with van der Waals surface area (Å²) in [6.07, 6.45) is 4.65. The number of nitrogens with two attached hydrogens (primary N) is 1. The van der Waals surface area contributed by atoms with E-state index in [2.05, 4.69) is 15.4 Å². The minimum Gasteiger partial charge on any atom is -0.482 e. The Bertz CT molecular complexity index is 1210. The predicted molar refractivity (Wildman–Crippen MR) is 132 cm³/mol. The topological polar surface area (TPSA) is 98.2 Å². The Morgan fingerprint density at radius 2 is 2.00 bits per heavy atom. The number of benzene rings is 1. The number of nitrogen functional groups attached to an aromatic ring is 1. The van der Waals surface area contributed by atoms with Crippen LogP contribution in [0.4, 0.5) is 10.2 Å². The van der Waals surface area contributed by atoms with Gasteiger partial charge in [0.2, 0.25) is 0 Å². The largest absolute Gasteiger partial charge is 0.482 e. The molecule has 7 nitrogen and oxygen atoms in total. The molecule has 0 saturated carbocycles. The van der Waals surface area contributed by atoms with Gasteiger partial charge in [-0.3, -0.25) is 4.68 Å². The summed E-state index contributed by atoms with van der Waals surface area (Å²) in [5.41, 5.74) is 5.92. The van der Waals surface area contributed by atoms with Gasteiger partial charge in [-0.05, 0) is 31.5 Å². The summed E-state index contributed by atoms with van der Waals surface area (Å²) in [4.78, 5) is 4.20. The number of piperidine rings is 1. The fraction of sp³-hybridized carbons (Fsp3) is 0.333. The zero-order valence-electron chi connectivity index (χ0n) is 18.2. The lowest BCUT2D eigenvalue weighted by Crippen LogP contribution is -2.64. The summed E-state index contributed by atoms with van der Waals surface area (Å²) in [7, 11) is 17.7. The molecule has 0 amide bonds. The molecular weight excluding hydrogens is 477 g/mol. The number of hydrogen-bond donors (Lipinski definition) is 3. The molecule has 3 atom stereocenters. The molecule has 2 aromatic heterocycles. The van der Waals surface area contributed by atoms with Crippen molar-refractivity contribution in [2.45, 2.75) is 42.9 Å². The summed E-state index contributed by atoms with van der Waals surface area (Å²) >= 11 is 12.3. The quantitative estimate of drug-likeness (QED) is 0.372. The average Bonchev–Trinajstić information content (AvgIpc) is 3.21. The predicted octanol–water partition coefficient (Wildman–Crippen LogP) is 2.84. The Hall–Kier alpha value is -2.20. The molecule has 13 heteroatoms. The first-order valence-electron chi connectivity index (χ1n) is 10.3. The Kier molecular flexibility index (Phi) is 6.68. The molecule has 4 rings (SSSR count). The lowest BCUT2D eigenvalue weighted by Gasteiger charge is -2.46. The molecule has 1 aliphatic heterocycles. The lowest BCUT2D eigenvalue weighted by atomic mass is 9.54. The van der Waals surface area contributed by atoms with E-state index in [4.69, 9.17) is 57.2 Å². The smallest absolute Gasteiger partial charge is 0.166 e. The van der Waals surface area contributed by atoms with Gasteiger partial charge in [0, 0.05) is 40.5 Å². The van der Waals surface area contributed by atoms with E-state index in [1.165, 1.54) is 12.1 Å². The maximum absolute atomic E-state index is 13.9. The van der Waals surface area contributed by atoms with Crippen molar-refractivity contribution in [3.8, 4) is 16.9 Å². The monoisotopic (exact) mass is 495 g/mol. The molecule has 3 unspecified atom stereocenters. The molecule has 3 heterocycles. The van der Waals surface area contributed by atoms with Crippen molar-refractivity contribution in [1.82, 2.24) is 20.1 Å². The van der Waals surface area contributed by atoms with Crippen LogP contribution in [0.1, 0.15) is 37.5 Å². The zero-order chi connectivity index (χ0) is 24.8. The van der Waals surface area contributed by atoms with Gasteiger partial charge in [0.25, 0.3) is 0 Å². The van der Waals surface area contributed by atoms with Gasteiger partial charge in [0.1, 0.15) is 19.8 Å². The molecule has 4 N–H and O–H groups in total. The highest BCUT2D eigenvalue weighted by atomic mass is 35.5. The van der Waals surface area contributed by atoms with Crippen molar-refractivity contribution < 1.29 is 14.2 Å². The first-order chi connectivity index (χ1) is 15.8. The van der Waals surface area contributed by atoms with Crippen LogP contribution in [-0.2, 0) is 0 Å². The highest BCUT2D eigenvalue weighted by Gasteiger charge is 2.39. The van der Waals surface area contributed by atoms with Crippen molar-refractivity contribution in [1.29, 1.82) is 0 Å². The van der Waals surface area contributed by atoms with Crippen LogP contribution in [-0.4, -0.2) is 54.4 Å². The number of rotatable bonds is 5. The van der Waals surface area contributed by atoms with Gasteiger partial charge in [-0.1, -0.05) is 28.5 Å². The number of aliphatic hydroxyl groups is 1. The number of nitrogens with zero attached hydrogens (tertiary/aromatic N) is 3. The molecule has 3 aromatic rings. The SMILES string of the molecule is [B]C1([B])CC(n2cc(-c3cnc(N)c(OC(C)c4c(Cl)ccc(F)c4Cl)c3)cn2)CC([B])(O)N1. The number of hydrogen-bond acceptors (Lipinski definition) is 6. The van der Waals surface area contributed by atoms with E-state index in [1.54, 1.807) is 36.3 Å². The summed E-state index contributed by atoms with van der Waals surface area (Å²) in [6, 6.07) is 3.92. The van der Waals surface area contributed by atoms with E-state index in [0.29, 0.717) is 16.7 Å². The van der Waals surface area contributed by atoms with Crippen LogP contribution in [0.2, 0.25) is 10.0 Å². The molecule has 1 aliphatic rings.